The van der Waals surface area contributed by atoms with Crippen molar-refractivity contribution in [1.82, 2.24) is 15.2 Å². The van der Waals surface area contributed by atoms with Crippen LogP contribution in [0.4, 0.5) is 0 Å². The van der Waals surface area contributed by atoms with Crippen molar-refractivity contribution in [3.8, 4) is 5.75 Å². The van der Waals surface area contributed by atoms with Crippen LogP contribution < -0.4 is 10.2 Å². The number of aromatic hydroxyl groups is 1. The molecule has 1 aromatic heterocycles. The minimum absolute atomic E-state index is 0.0189. The lowest BCUT2D eigenvalue weighted by Crippen LogP contribution is -2.42. The number of amides is 1. The lowest BCUT2D eigenvalue weighted by Gasteiger charge is -2.31. The zero-order chi connectivity index (χ0) is 26.8. The van der Waals surface area contributed by atoms with E-state index < -0.39 is 0 Å². The molecule has 0 unspecified atom stereocenters. The second kappa shape index (κ2) is 14.0. The van der Waals surface area contributed by atoms with Crippen LogP contribution in [0.25, 0.3) is 10.2 Å². The summed E-state index contributed by atoms with van der Waals surface area (Å²) in [6, 6.07) is 11.3. The highest BCUT2D eigenvalue weighted by molar-refractivity contribution is 7.16. The highest BCUT2D eigenvalue weighted by Gasteiger charge is 2.24. The van der Waals surface area contributed by atoms with E-state index in [0.29, 0.717) is 31.6 Å². The summed E-state index contributed by atoms with van der Waals surface area (Å²) in [6.07, 6.45) is 4.78. The van der Waals surface area contributed by atoms with Gasteiger partial charge >= 0.3 is 4.87 Å². The van der Waals surface area contributed by atoms with Gasteiger partial charge in [-0.3, -0.25) is 9.59 Å². The average molecular weight is 548 g/mol. The number of nitrogens with zero attached hydrogens (tertiary/aromatic N) is 1. The van der Waals surface area contributed by atoms with Crippen molar-refractivity contribution < 1.29 is 15.0 Å². The molecule has 202 valence electrons. The van der Waals surface area contributed by atoms with Crippen LogP contribution in [0.3, 0.4) is 0 Å². The number of rotatable bonds is 15. The number of phenolic OH excluding ortho intramolecular Hbond substituents is 1. The minimum Gasteiger partial charge on any atom is -0.506 e. The number of H-pyrrole nitrogens is 1. The van der Waals surface area contributed by atoms with Crippen molar-refractivity contribution >= 4 is 39.1 Å². The second-order valence-electron chi connectivity index (χ2n) is 10.3. The molecule has 0 aliphatic rings. The summed E-state index contributed by atoms with van der Waals surface area (Å²) in [5.41, 5.74) is 2.36. The number of hydrogen-bond donors (Lipinski definition) is 4. The van der Waals surface area contributed by atoms with E-state index in [9.17, 15) is 19.8 Å². The topological polar surface area (TPSA) is 106 Å². The molecule has 37 heavy (non-hydrogen) atoms. The van der Waals surface area contributed by atoms with Crippen molar-refractivity contribution in [2.45, 2.75) is 52.4 Å². The van der Waals surface area contributed by atoms with Gasteiger partial charge in [-0.15, -0.1) is 0 Å². The molecule has 0 spiro atoms. The van der Waals surface area contributed by atoms with Gasteiger partial charge in [0.05, 0.1) is 4.70 Å². The van der Waals surface area contributed by atoms with Crippen molar-refractivity contribution in [2.75, 3.05) is 32.8 Å². The Kier molecular flexibility index (Phi) is 11.0. The number of hydrogen-bond acceptors (Lipinski definition) is 6. The Morgan fingerprint density at radius 1 is 1.14 bits per heavy atom. The van der Waals surface area contributed by atoms with E-state index in [2.05, 4.69) is 10.3 Å². The van der Waals surface area contributed by atoms with Gasteiger partial charge in [0.25, 0.3) is 0 Å². The lowest BCUT2D eigenvalue weighted by molar-refractivity contribution is -0.133. The molecule has 1 heterocycles. The third-order valence-electron chi connectivity index (χ3n) is 6.41. The standard InChI is InChI=1S/C28H38ClN3O4S/c1-28(2,19-33)18-32(24(35)13-15-30-14-12-20-7-6-9-22(29)17-20)16-5-3-4-8-21-10-11-23(34)25-26(21)37-27(36)31-25/h6-7,9-11,17,30,33-34H,3-5,8,12-16,18-19H2,1-2H3,(H,31,36). The molecule has 0 aliphatic carbocycles. The first-order valence-electron chi connectivity index (χ1n) is 12.9. The zero-order valence-electron chi connectivity index (χ0n) is 21.7. The molecule has 3 rings (SSSR count). The van der Waals surface area contributed by atoms with Crippen LogP contribution >= 0.6 is 22.9 Å². The summed E-state index contributed by atoms with van der Waals surface area (Å²) in [4.78, 5) is 29.1. The van der Waals surface area contributed by atoms with Crippen LogP contribution in [0.1, 0.15) is 50.7 Å². The summed E-state index contributed by atoms with van der Waals surface area (Å²) in [6.45, 7) is 6.49. The highest BCUT2D eigenvalue weighted by Crippen LogP contribution is 2.28. The first-order chi connectivity index (χ1) is 17.7. The number of unbranched alkanes of at least 4 members (excludes halogenated alkanes) is 2. The SMILES string of the molecule is CC(C)(CO)CN(CCCCCc1ccc(O)c2[nH]c(=O)sc12)C(=O)CCNCCc1cccc(Cl)c1. The van der Waals surface area contributed by atoms with Gasteiger partial charge in [-0.25, -0.2) is 0 Å². The Hall–Kier alpha value is -2.39. The van der Waals surface area contributed by atoms with E-state index in [1.165, 1.54) is 0 Å². The Labute approximate surface area is 227 Å². The fourth-order valence-corrected chi connectivity index (χ4v) is 5.44. The number of thiazole rings is 1. The molecule has 0 aliphatic heterocycles. The van der Waals surface area contributed by atoms with Crippen LogP contribution in [-0.4, -0.2) is 58.8 Å². The number of fused-ring (bicyclic) bond motifs is 1. The van der Waals surface area contributed by atoms with Gasteiger partial charge in [-0.05, 0) is 61.6 Å². The summed E-state index contributed by atoms with van der Waals surface area (Å²) in [5.74, 6) is 0.186. The van der Waals surface area contributed by atoms with Crippen LogP contribution in [0.5, 0.6) is 5.75 Å². The van der Waals surface area contributed by atoms with E-state index in [0.717, 1.165) is 70.8 Å². The van der Waals surface area contributed by atoms with Crippen molar-refractivity contribution in [3.63, 3.8) is 0 Å². The predicted octanol–water partition coefficient (Wildman–Crippen LogP) is 4.73. The van der Waals surface area contributed by atoms with E-state index in [1.54, 1.807) is 6.07 Å². The Bertz CT molecular complexity index is 1220. The first-order valence-corrected chi connectivity index (χ1v) is 14.1. The van der Waals surface area contributed by atoms with Gasteiger partial charge in [0.1, 0.15) is 11.3 Å². The Morgan fingerprint density at radius 3 is 2.70 bits per heavy atom. The molecule has 2 aromatic carbocycles. The van der Waals surface area contributed by atoms with Crippen molar-refractivity contribution in [3.05, 3.63) is 62.2 Å². The summed E-state index contributed by atoms with van der Waals surface area (Å²) >= 11 is 7.16. The molecule has 7 nitrogen and oxygen atoms in total. The normalized spacial score (nSPS) is 11.8. The number of aromatic nitrogens is 1. The number of aryl methyl sites for hydroxylation is 1. The van der Waals surface area contributed by atoms with Crippen LogP contribution in [0.15, 0.2) is 41.2 Å². The maximum atomic E-state index is 13.0. The summed E-state index contributed by atoms with van der Waals surface area (Å²) in [5, 5.41) is 23.8. The van der Waals surface area contributed by atoms with Gasteiger partial charge < -0.3 is 25.4 Å². The van der Waals surface area contributed by atoms with Crippen LogP contribution in [-0.2, 0) is 17.6 Å². The van der Waals surface area contributed by atoms with Crippen LogP contribution in [0, 0.1) is 5.41 Å². The van der Waals surface area contributed by atoms with Crippen LogP contribution in [0.2, 0.25) is 5.02 Å². The van der Waals surface area contributed by atoms with Crippen molar-refractivity contribution in [1.29, 1.82) is 0 Å². The predicted molar refractivity (Wildman–Crippen MR) is 152 cm³/mol. The number of carbonyl (C=O) groups is 1. The quantitative estimate of drug-likeness (QED) is 0.206. The maximum Gasteiger partial charge on any atom is 0.305 e. The zero-order valence-corrected chi connectivity index (χ0v) is 23.3. The van der Waals surface area contributed by atoms with Gasteiger partial charge in [0.2, 0.25) is 5.91 Å². The number of aliphatic hydroxyl groups excluding tert-OH is 1. The molecule has 1 amide bonds. The monoisotopic (exact) mass is 547 g/mol. The smallest absolute Gasteiger partial charge is 0.305 e. The van der Waals surface area contributed by atoms with Gasteiger partial charge in [-0.1, -0.05) is 61.4 Å². The first kappa shape index (κ1) is 29.2. The summed E-state index contributed by atoms with van der Waals surface area (Å²) < 4.78 is 0.814. The molecule has 0 fully saturated rings. The number of phenols is 1. The number of aliphatic hydroxyl groups is 1. The molecular weight excluding hydrogens is 510 g/mol. The number of aromatic amines is 1. The molecular formula is C28H38ClN3O4S. The molecule has 0 saturated carbocycles. The van der Waals surface area contributed by atoms with Gasteiger partial charge in [0, 0.05) is 43.1 Å². The summed E-state index contributed by atoms with van der Waals surface area (Å²) in [7, 11) is 0. The molecule has 3 aromatic rings. The van der Waals surface area contributed by atoms with Gasteiger partial charge in [-0.2, -0.15) is 0 Å². The number of benzene rings is 2. The van der Waals surface area contributed by atoms with E-state index >= 15 is 0 Å². The molecule has 0 radical (unpaired) electrons. The number of halogens is 1. The molecule has 4 N–H and O–H groups in total. The lowest BCUT2D eigenvalue weighted by atomic mass is 9.93. The van der Waals surface area contributed by atoms with E-state index in [-0.39, 0.29) is 28.6 Å². The highest BCUT2D eigenvalue weighted by atomic mass is 35.5. The van der Waals surface area contributed by atoms with Crippen molar-refractivity contribution in [2.24, 2.45) is 5.41 Å². The fraction of sp³-hybridized carbons (Fsp3) is 0.500. The molecule has 0 saturated heterocycles. The largest absolute Gasteiger partial charge is 0.506 e. The Balaban J connectivity index is 1.44. The molecule has 0 bridgehead atoms. The third kappa shape index (κ3) is 9.14. The maximum absolute atomic E-state index is 13.0. The minimum atomic E-state index is -0.362. The second-order valence-corrected chi connectivity index (χ2v) is 11.7. The average Bonchev–Trinajstić information content (AvgIpc) is 3.26. The van der Waals surface area contributed by atoms with E-state index in [1.807, 2.05) is 49.1 Å². The third-order valence-corrected chi connectivity index (χ3v) is 7.60. The Morgan fingerprint density at radius 2 is 1.95 bits per heavy atom. The molecule has 9 heteroatoms. The van der Waals surface area contributed by atoms with Gasteiger partial charge in [0.15, 0.2) is 0 Å². The van der Waals surface area contributed by atoms with E-state index in [4.69, 9.17) is 11.6 Å². The number of nitrogens with one attached hydrogen (secondary N) is 2. The molecule has 0 atom stereocenters. The fourth-order valence-electron chi connectivity index (χ4n) is 4.33. The number of carbonyl (C=O) groups excluding carboxylic acids is 1.